The Balaban J connectivity index is 1.76. The molecule has 1 aliphatic heterocycles. The Morgan fingerprint density at radius 3 is 2.44 bits per heavy atom. The van der Waals surface area contributed by atoms with E-state index in [-0.39, 0.29) is 23.4 Å². The van der Waals surface area contributed by atoms with Crippen molar-refractivity contribution in [1.29, 1.82) is 0 Å². The quantitative estimate of drug-likeness (QED) is 0.856. The lowest BCUT2D eigenvalue weighted by molar-refractivity contribution is -0.116. The fourth-order valence-electron chi connectivity index (χ4n) is 3.43. The summed E-state index contributed by atoms with van der Waals surface area (Å²) in [4.78, 5) is 15.7. The number of rotatable bonds is 5. The normalized spacial score (nSPS) is 16.3. The van der Waals surface area contributed by atoms with Gasteiger partial charge in [-0.15, -0.1) is 0 Å². The minimum absolute atomic E-state index is 0.0313. The fourth-order valence-corrected chi connectivity index (χ4v) is 4.50. The van der Waals surface area contributed by atoms with Crippen LogP contribution in [-0.2, 0) is 27.8 Å². The van der Waals surface area contributed by atoms with E-state index in [1.54, 1.807) is 23.1 Å². The Morgan fingerprint density at radius 1 is 1.19 bits per heavy atom. The van der Waals surface area contributed by atoms with Crippen LogP contribution in [0, 0.1) is 0 Å². The lowest BCUT2D eigenvalue weighted by Gasteiger charge is -2.20. The zero-order chi connectivity index (χ0) is 19.8. The van der Waals surface area contributed by atoms with Crippen LogP contribution >= 0.6 is 0 Å². The molecule has 0 saturated carbocycles. The van der Waals surface area contributed by atoms with Gasteiger partial charge in [0.1, 0.15) is 0 Å². The van der Waals surface area contributed by atoms with Crippen molar-refractivity contribution in [2.45, 2.75) is 37.8 Å². The van der Waals surface area contributed by atoms with Gasteiger partial charge < -0.3 is 9.80 Å². The molecule has 0 radical (unpaired) electrons. The number of benzene rings is 2. The van der Waals surface area contributed by atoms with Crippen molar-refractivity contribution in [3.05, 3.63) is 53.6 Å². The van der Waals surface area contributed by atoms with Gasteiger partial charge in [-0.3, -0.25) is 4.79 Å². The number of hydrogen-bond acceptors (Lipinski definition) is 4. The van der Waals surface area contributed by atoms with Crippen LogP contribution < -0.4 is 14.5 Å². The van der Waals surface area contributed by atoms with E-state index in [9.17, 15) is 13.2 Å². The summed E-state index contributed by atoms with van der Waals surface area (Å²) in [5.41, 5.74) is 3.63. The summed E-state index contributed by atoms with van der Waals surface area (Å²) in [6.07, 6.45) is 0.657. The molecule has 0 aromatic heterocycles. The van der Waals surface area contributed by atoms with Crippen molar-refractivity contribution in [3.63, 3.8) is 0 Å². The second kappa shape index (κ2) is 7.32. The van der Waals surface area contributed by atoms with Gasteiger partial charge in [-0.1, -0.05) is 12.1 Å². The van der Waals surface area contributed by atoms with E-state index in [0.717, 1.165) is 22.5 Å². The average Bonchev–Trinajstić information content (AvgIpc) is 2.95. The minimum atomic E-state index is -3.63. The molecule has 1 atom stereocenters. The number of hydrogen-bond donors (Lipinski definition) is 1. The van der Waals surface area contributed by atoms with E-state index in [0.29, 0.717) is 6.42 Å². The van der Waals surface area contributed by atoms with Gasteiger partial charge in [0.25, 0.3) is 0 Å². The van der Waals surface area contributed by atoms with Crippen molar-refractivity contribution >= 4 is 27.3 Å². The largest absolute Gasteiger partial charge is 0.378 e. The molecule has 1 unspecified atom stereocenters. The number of amides is 1. The first kappa shape index (κ1) is 19.4. The molecule has 1 N–H and O–H groups in total. The summed E-state index contributed by atoms with van der Waals surface area (Å²) in [5.74, 6) is -0.0313. The van der Waals surface area contributed by atoms with Gasteiger partial charge in [-0.25, -0.2) is 13.1 Å². The standard InChI is InChI=1S/C20H25N3O3S/c1-14-11-17-12-19(9-10-20(17)23(14)15(2)24)27(25,26)21-13-16-5-7-18(8-6-16)22(3)4/h5-10,12,14,21H,11,13H2,1-4H3. The van der Waals surface area contributed by atoms with Crippen molar-refractivity contribution in [2.75, 3.05) is 23.9 Å². The number of carbonyl (C=O) groups excluding carboxylic acids is 1. The van der Waals surface area contributed by atoms with Gasteiger partial charge in [-0.2, -0.15) is 0 Å². The van der Waals surface area contributed by atoms with Gasteiger partial charge in [0, 0.05) is 45.0 Å². The molecule has 6 nitrogen and oxygen atoms in total. The predicted octanol–water partition coefficient (Wildman–Crippen LogP) is 2.53. The van der Waals surface area contributed by atoms with Gasteiger partial charge >= 0.3 is 0 Å². The summed E-state index contributed by atoms with van der Waals surface area (Å²) in [7, 11) is 0.290. The smallest absolute Gasteiger partial charge is 0.240 e. The number of anilines is 2. The molecule has 1 heterocycles. The molecule has 7 heteroatoms. The maximum atomic E-state index is 12.7. The number of carbonyl (C=O) groups is 1. The van der Waals surface area contributed by atoms with Crippen molar-refractivity contribution in [1.82, 2.24) is 4.72 Å². The van der Waals surface area contributed by atoms with E-state index < -0.39 is 10.0 Å². The predicted molar refractivity (Wildman–Crippen MR) is 108 cm³/mol. The van der Waals surface area contributed by atoms with E-state index in [2.05, 4.69) is 4.72 Å². The highest BCUT2D eigenvalue weighted by Crippen LogP contribution is 2.33. The molecule has 1 amide bonds. The van der Waals surface area contributed by atoms with E-state index in [4.69, 9.17) is 0 Å². The second-order valence-corrected chi connectivity index (χ2v) is 8.89. The maximum Gasteiger partial charge on any atom is 0.240 e. The van der Waals surface area contributed by atoms with Crippen LogP contribution in [-0.4, -0.2) is 34.5 Å². The topological polar surface area (TPSA) is 69.7 Å². The van der Waals surface area contributed by atoms with E-state index in [1.807, 2.05) is 50.2 Å². The van der Waals surface area contributed by atoms with Crippen LogP contribution in [0.1, 0.15) is 25.0 Å². The Morgan fingerprint density at radius 2 is 1.85 bits per heavy atom. The summed E-state index contributed by atoms with van der Waals surface area (Å²) >= 11 is 0. The lowest BCUT2D eigenvalue weighted by atomic mass is 10.1. The third kappa shape index (κ3) is 3.99. The van der Waals surface area contributed by atoms with E-state index in [1.165, 1.54) is 6.92 Å². The molecule has 0 bridgehead atoms. The Kier molecular flexibility index (Phi) is 5.26. The number of sulfonamides is 1. The van der Waals surface area contributed by atoms with Crippen molar-refractivity contribution < 1.29 is 13.2 Å². The first-order valence-corrected chi connectivity index (χ1v) is 10.4. The van der Waals surface area contributed by atoms with Crippen molar-refractivity contribution in [3.8, 4) is 0 Å². The molecule has 3 rings (SSSR count). The fraction of sp³-hybridized carbons (Fsp3) is 0.350. The molecule has 1 aliphatic rings. The third-order valence-electron chi connectivity index (χ3n) is 4.84. The number of nitrogens with one attached hydrogen (secondary N) is 1. The Hall–Kier alpha value is -2.38. The third-order valence-corrected chi connectivity index (χ3v) is 6.23. The zero-order valence-corrected chi connectivity index (χ0v) is 16.9. The maximum absolute atomic E-state index is 12.7. The molecule has 144 valence electrons. The van der Waals surface area contributed by atoms with Crippen LogP contribution in [0.5, 0.6) is 0 Å². The van der Waals surface area contributed by atoms with Gasteiger partial charge in [0.2, 0.25) is 15.9 Å². The zero-order valence-electron chi connectivity index (χ0n) is 16.1. The summed E-state index contributed by atoms with van der Waals surface area (Å²) in [6.45, 7) is 3.72. The molecule has 0 aliphatic carbocycles. The van der Waals surface area contributed by atoms with Crippen molar-refractivity contribution in [2.24, 2.45) is 0 Å². The van der Waals surface area contributed by atoms with Gasteiger partial charge in [0.05, 0.1) is 4.90 Å². The molecule has 27 heavy (non-hydrogen) atoms. The second-order valence-electron chi connectivity index (χ2n) is 7.12. The van der Waals surface area contributed by atoms with Gasteiger partial charge in [-0.05, 0) is 54.8 Å². The van der Waals surface area contributed by atoms with Crippen LogP contribution in [0.25, 0.3) is 0 Å². The SMILES string of the molecule is CC(=O)N1c2ccc(S(=O)(=O)NCc3ccc(N(C)C)cc3)cc2CC1C. The molecule has 0 saturated heterocycles. The highest BCUT2D eigenvalue weighted by Gasteiger charge is 2.30. The molecular weight excluding hydrogens is 362 g/mol. The first-order valence-electron chi connectivity index (χ1n) is 8.87. The van der Waals surface area contributed by atoms with Crippen LogP contribution in [0.4, 0.5) is 11.4 Å². The molecule has 0 fully saturated rings. The minimum Gasteiger partial charge on any atom is -0.378 e. The highest BCUT2D eigenvalue weighted by molar-refractivity contribution is 7.89. The summed E-state index contributed by atoms with van der Waals surface area (Å²) < 4.78 is 28.0. The Bertz CT molecular complexity index is 953. The number of fused-ring (bicyclic) bond motifs is 1. The van der Waals surface area contributed by atoms with E-state index >= 15 is 0 Å². The molecule has 2 aromatic rings. The molecular formula is C20H25N3O3S. The van der Waals surface area contributed by atoms with Crippen LogP contribution in [0.2, 0.25) is 0 Å². The first-order chi connectivity index (χ1) is 12.7. The molecule has 2 aromatic carbocycles. The molecule has 0 spiro atoms. The Labute approximate surface area is 160 Å². The monoisotopic (exact) mass is 387 g/mol. The highest BCUT2D eigenvalue weighted by atomic mass is 32.2. The van der Waals surface area contributed by atoms with Crippen LogP contribution in [0.15, 0.2) is 47.4 Å². The lowest BCUT2D eigenvalue weighted by Crippen LogP contribution is -2.33. The summed E-state index contributed by atoms with van der Waals surface area (Å²) in [5, 5.41) is 0. The number of nitrogens with zero attached hydrogens (tertiary/aromatic N) is 2. The average molecular weight is 388 g/mol. The summed E-state index contributed by atoms with van der Waals surface area (Å²) in [6, 6.07) is 12.7. The van der Waals surface area contributed by atoms with Gasteiger partial charge in [0.15, 0.2) is 0 Å². The van der Waals surface area contributed by atoms with Crippen LogP contribution in [0.3, 0.4) is 0 Å².